The molecule has 0 saturated heterocycles. The lowest BCUT2D eigenvalue weighted by Gasteiger charge is -2.00. The van der Waals surface area contributed by atoms with Crippen LogP contribution >= 0.6 is 0 Å². The van der Waals surface area contributed by atoms with Crippen LogP contribution in [0.3, 0.4) is 0 Å². The van der Waals surface area contributed by atoms with E-state index < -0.39 is 0 Å². The van der Waals surface area contributed by atoms with Crippen molar-refractivity contribution < 1.29 is 0 Å². The number of aromatic amines is 1. The van der Waals surface area contributed by atoms with Crippen LogP contribution in [-0.4, -0.2) is 19.6 Å². The zero-order chi connectivity index (χ0) is 10.3. The van der Waals surface area contributed by atoms with Gasteiger partial charge in [0.25, 0.3) is 11.3 Å². The first-order chi connectivity index (χ1) is 6.63. The van der Waals surface area contributed by atoms with Gasteiger partial charge in [-0.05, 0) is 20.3 Å². The second-order valence-electron chi connectivity index (χ2n) is 3.29. The minimum absolute atomic E-state index is 0.0625. The fourth-order valence-corrected chi connectivity index (χ4v) is 1.49. The monoisotopic (exact) mass is 192 g/mol. The van der Waals surface area contributed by atoms with E-state index in [0.29, 0.717) is 17.2 Å². The van der Waals surface area contributed by atoms with E-state index in [0.717, 1.165) is 12.1 Å². The minimum atomic E-state index is -0.0625. The second kappa shape index (κ2) is 2.94. The Kier molecular flexibility index (Phi) is 1.87. The van der Waals surface area contributed by atoms with E-state index in [9.17, 15) is 4.79 Å². The van der Waals surface area contributed by atoms with Gasteiger partial charge in [0.15, 0.2) is 0 Å². The summed E-state index contributed by atoms with van der Waals surface area (Å²) < 4.78 is 1.38. The zero-order valence-electron chi connectivity index (χ0n) is 8.46. The summed E-state index contributed by atoms with van der Waals surface area (Å²) in [5.74, 6) is 1.15. The van der Waals surface area contributed by atoms with Crippen molar-refractivity contribution >= 4 is 5.78 Å². The number of nitrogens with one attached hydrogen (secondary N) is 1. The highest BCUT2D eigenvalue weighted by Crippen LogP contribution is 2.02. The first kappa shape index (κ1) is 8.93. The molecule has 5 heteroatoms. The maximum Gasteiger partial charge on any atom is 0.277 e. The molecule has 0 fully saturated rings. The Morgan fingerprint density at radius 2 is 2.07 bits per heavy atom. The molecule has 2 aromatic heterocycles. The zero-order valence-corrected chi connectivity index (χ0v) is 8.46. The molecule has 0 unspecified atom stereocenters. The molecule has 0 radical (unpaired) electrons. The maximum atomic E-state index is 11.8. The third-order valence-corrected chi connectivity index (χ3v) is 2.27. The van der Waals surface area contributed by atoms with Gasteiger partial charge in [-0.25, -0.2) is 4.98 Å². The van der Waals surface area contributed by atoms with Gasteiger partial charge in [0, 0.05) is 5.56 Å². The quantitative estimate of drug-likeness (QED) is 0.719. The lowest BCUT2D eigenvalue weighted by atomic mass is 10.2. The second-order valence-corrected chi connectivity index (χ2v) is 3.29. The Labute approximate surface area is 80.8 Å². The van der Waals surface area contributed by atoms with Gasteiger partial charge in [0.05, 0.1) is 5.69 Å². The van der Waals surface area contributed by atoms with Crippen LogP contribution in [0.15, 0.2) is 4.79 Å². The minimum Gasteiger partial charge on any atom is -0.275 e. The average Bonchev–Trinajstić information content (AvgIpc) is 2.52. The molecule has 2 rings (SSSR count). The Balaban J connectivity index is 2.91. The van der Waals surface area contributed by atoms with Crippen molar-refractivity contribution in [3.8, 4) is 0 Å². The van der Waals surface area contributed by atoms with Crippen LogP contribution in [0.5, 0.6) is 0 Å². The number of aryl methyl sites for hydroxylation is 2. The third-order valence-electron chi connectivity index (χ3n) is 2.27. The molecule has 74 valence electrons. The lowest BCUT2D eigenvalue weighted by Crippen LogP contribution is -2.20. The number of hydrogen-bond acceptors (Lipinski definition) is 3. The molecular weight excluding hydrogens is 180 g/mol. The molecule has 14 heavy (non-hydrogen) atoms. The van der Waals surface area contributed by atoms with Gasteiger partial charge >= 0.3 is 0 Å². The van der Waals surface area contributed by atoms with Crippen LogP contribution in [0.4, 0.5) is 0 Å². The predicted molar refractivity (Wildman–Crippen MR) is 52.5 cm³/mol. The molecule has 0 aliphatic rings. The molecule has 2 aromatic rings. The molecular formula is C9H12N4O. The van der Waals surface area contributed by atoms with Crippen LogP contribution in [0.2, 0.25) is 0 Å². The van der Waals surface area contributed by atoms with E-state index in [4.69, 9.17) is 0 Å². The van der Waals surface area contributed by atoms with Crippen LogP contribution in [-0.2, 0) is 6.42 Å². The molecule has 0 atom stereocenters. The van der Waals surface area contributed by atoms with E-state index >= 15 is 0 Å². The third kappa shape index (κ3) is 1.13. The fourth-order valence-electron chi connectivity index (χ4n) is 1.49. The summed E-state index contributed by atoms with van der Waals surface area (Å²) in [7, 11) is 0. The number of rotatable bonds is 1. The highest BCUT2D eigenvalue weighted by molar-refractivity contribution is 5.31. The van der Waals surface area contributed by atoms with Crippen molar-refractivity contribution in [3.63, 3.8) is 0 Å². The molecule has 0 spiro atoms. The normalized spacial score (nSPS) is 11.1. The molecule has 0 aliphatic carbocycles. The summed E-state index contributed by atoms with van der Waals surface area (Å²) in [6.07, 6.45) is 0.753. The van der Waals surface area contributed by atoms with Gasteiger partial charge in [-0.1, -0.05) is 6.92 Å². The van der Waals surface area contributed by atoms with Crippen LogP contribution in [0, 0.1) is 13.8 Å². The van der Waals surface area contributed by atoms with Crippen molar-refractivity contribution in [1.29, 1.82) is 0 Å². The van der Waals surface area contributed by atoms with Gasteiger partial charge in [-0.15, -0.1) is 0 Å². The van der Waals surface area contributed by atoms with E-state index in [1.54, 1.807) is 13.8 Å². The van der Waals surface area contributed by atoms with Crippen molar-refractivity contribution in [2.24, 2.45) is 0 Å². The Bertz CT molecular complexity index is 537. The number of H-pyrrole nitrogens is 1. The average molecular weight is 192 g/mol. The highest BCUT2D eigenvalue weighted by atomic mass is 16.1. The van der Waals surface area contributed by atoms with E-state index in [2.05, 4.69) is 15.1 Å². The van der Waals surface area contributed by atoms with Crippen molar-refractivity contribution in [2.75, 3.05) is 0 Å². The number of hydrogen-bond donors (Lipinski definition) is 1. The van der Waals surface area contributed by atoms with Gasteiger partial charge in [-0.3, -0.25) is 9.89 Å². The molecule has 0 saturated carbocycles. The first-order valence-electron chi connectivity index (χ1n) is 4.58. The van der Waals surface area contributed by atoms with E-state index in [1.807, 2.05) is 6.92 Å². The summed E-state index contributed by atoms with van der Waals surface area (Å²) in [5.41, 5.74) is 1.45. The number of nitrogens with zero attached hydrogens (tertiary/aromatic N) is 3. The Hall–Kier alpha value is -1.65. The molecule has 0 amide bonds. The summed E-state index contributed by atoms with van der Waals surface area (Å²) >= 11 is 0. The van der Waals surface area contributed by atoms with Crippen molar-refractivity contribution in [3.05, 3.63) is 27.4 Å². The van der Waals surface area contributed by atoms with Gasteiger partial charge < -0.3 is 0 Å². The van der Waals surface area contributed by atoms with E-state index in [1.165, 1.54) is 4.52 Å². The molecule has 0 aliphatic heterocycles. The number of aromatic nitrogens is 4. The standard InChI is InChI=1S/C9H12N4O/c1-4-7-5(2)8(14)13-9(11-7)10-6(3)12-13/h4H2,1-3H3,(H,10,11,12). The lowest BCUT2D eigenvalue weighted by molar-refractivity contribution is 0.845. The first-order valence-corrected chi connectivity index (χ1v) is 4.58. The van der Waals surface area contributed by atoms with Gasteiger partial charge in [0.1, 0.15) is 5.82 Å². The van der Waals surface area contributed by atoms with Crippen LogP contribution in [0.1, 0.15) is 24.0 Å². The largest absolute Gasteiger partial charge is 0.277 e. The Morgan fingerprint density at radius 1 is 1.36 bits per heavy atom. The number of fused-ring (bicyclic) bond motifs is 1. The SMILES string of the molecule is CCc1nc2nc(C)[nH]n2c(=O)c1C. The summed E-state index contributed by atoms with van der Waals surface area (Å²) in [4.78, 5) is 20.2. The smallest absolute Gasteiger partial charge is 0.275 e. The van der Waals surface area contributed by atoms with E-state index in [-0.39, 0.29) is 5.56 Å². The highest BCUT2D eigenvalue weighted by Gasteiger charge is 2.09. The molecule has 1 N–H and O–H groups in total. The Morgan fingerprint density at radius 3 is 2.71 bits per heavy atom. The molecule has 0 aromatic carbocycles. The van der Waals surface area contributed by atoms with Gasteiger partial charge in [0.2, 0.25) is 0 Å². The summed E-state index contributed by atoms with van der Waals surface area (Å²) in [5, 5.41) is 2.85. The molecule has 0 bridgehead atoms. The van der Waals surface area contributed by atoms with Crippen LogP contribution in [0.25, 0.3) is 5.78 Å². The van der Waals surface area contributed by atoms with Crippen LogP contribution < -0.4 is 5.56 Å². The van der Waals surface area contributed by atoms with Crippen molar-refractivity contribution in [1.82, 2.24) is 19.6 Å². The summed E-state index contributed by atoms with van der Waals surface area (Å²) in [6.45, 7) is 5.57. The molecule has 2 heterocycles. The molecule has 5 nitrogen and oxygen atoms in total. The summed E-state index contributed by atoms with van der Waals surface area (Å²) in [6, 6.07) is 0. The van der Waals surface area contributed by atoms with Gasteiger partial charge in [-0.2, -0.15) is 9.50 Å². The fraction of sp³-hybridized carbons (Fsp3) is 0.444. The van der Waals surface area contributed by atoms with Crippen molar-refractivity contribution in [2.45, 2.75) is 27.2 Å². The maximum absolute atomic E-state index is 11.8. The topological polar surface area (TPSA) is 63.1 Å². The predicted octanol–water partition coefficient (Wildman–Crippen LogP) is 0.597.